The Kier molecular flexibility index (Phi) is 2.45. The van der Waals surface area contributed by atoms with Gasteiger partial charge in [-0.05, 0) is 12.5 Å². The van der Waals surface area contributed by atoms with Crippen LogP contribution in [0.2, 0.25) is 0 Å². The number of hydrogen-bond acceptors (Lipinski definition) is 2. The predicted molar refractivity (Wildman–Crippen MR) is 38.4 cm³/mol. The van der Waals surface area contributed by atoms with Crippen LogP contribution in [0.15, 0.2) is 12.3 Å². The van der Waals surface area contributed by atoms with Gasteiger partial charge >= 0.3 is 0 Å². The van der Waals surface area contributed by atoms with E-state index in [0.717, 1.165) is 18.5 Å². The molecule has 0 aliphatic heterocycles. The lowest BCUT2D eigenvalue weighted by Gasteiger charge is -1.91. The van der Waals surface area contributed by atoms with Crippen LogP contribution in [0.1, 0.15) is 19.0 Å². The monoisotopic (exact) mass is 140 g/mol. The van der Waals surface area contributed by atoms with E-state index in [9.17, 15) is 0 Å². The summed E-state index contributed by atoms with van der Waals surface area (Å²) in [5.41, 5.74) is 1.05. The Morgan fingerprint density at radius 1 is 1.70 bits per heavy atom. The van der Waals surface area contributed by atoms with Crippen molar-refractivity contribution in [2.24, 2.45) is 0 Å². The minimum absolute atomic E-state index is 0.0241. The highest BCUT2D eigenvalue weighted by molar-refractivity contribution is 4.98. The minimum Gasteiger partial charge on any atom is -0.374 e. The molecule has 10 heavy (non-hydrogen) atoms. The third-order valence-corrected chi connectivity index (χ3v) is 1.35. The molecule has 0 bridgehead atoms. The van der Waals surface area contributed by atoms with E-state index in [4.69, 9.17) is 5.11 Å². The summed E-state index contributed by atoms with van der Waals surface area (Å²) >= 11 is 0. The summed E-state index contributed by atoms with van der Waals surface area (Å²) in [6, 6.07) is 1.93. The van der Waals surface area contributed by atoms with Crippen LogP contribution in [-0.2, 0) is 13.2 Å². The number of aliphatic hydroxyl groups excluding tert-OH is 1. The summed E-state index contributed by atoms with van der Waals surface area (Å²) in [5.74, 6) is 0. The highest BCUT2D eigenvalue weighted by Crippen LogP contribution is 1.98. The second kappa shape index (κ2) is 3.37. The van der Waals surface area contributed by atoms with Crippen LogP contribution in [0.3, 0.4) is 0 Å². The van der Waals surface area contributed by atoms with Gasteiger partial charge in [0, 0.05) is 6.20 Å². The molecule has 56 valence electrons. The van der Waals surface area contributed by atoms with Gasteiger partial charge in [0.1, 0.15) is 6.73 Å². The van der Waals surface area contributed by atoms with Crippen molar-refractivity contribution in [3.05, 3.63) is 18.0 Å². The molecule has 0 unspecified atom stereocenters. The molecule has 0 radical (unpaired) electrons. The SMILES string of the molecule is CCCc1ccn(CO)n1. The summed E-state index contributed by atoms with van der Waals surface area (Å²) in [4.78, 5) is 0. The van der Waals surface area contributed by atoms with Gasteiger partial charge in [0.05, 0.1) is 5.69 Å². The van der Waals surface area contributed by atoms with Crippen molar-refractivity contribution < 1.29 is 5.11 Å². The van der Waals surface area contributed by atoms with E-state index in [2.05, 4.69) is 12.0 Å². The van der Waals surface area contributed by atoms with Crippen molar-refractivity contribution in [2.75, 3.05) is 0 Å². The summed E-state index contributed by atoms with van der Waals surface area (Å²) in [7, 11) is 0. The third-order valence-electron chi connectivity index (χ3n) is 1.35. The van der Waals surface area contributed by atoms with Crippen LogP contribution in [0.25, 0.3) is 0 Å². The lowest BCUT2D eigenvalue weighted by Crippen LogP contribution is -1.97. The van der Waals surface area contributed by atoms with E-state index in [0.29, 0.717) is 0 Å². The molecule has 1 heterocycles. The van der Waals surface area contributed by atoms with Gasteiger partial charge in [-0.3, -0.25) is 0 Å². The number of rotatable bonds is 3. The first-order chi connectivity index (χ1) is 4.86. The molecule has 0 saturated heterocycles. The molecular formula is C7H12N2O. The smallest absolute Gasteiger partial charge is 0.136 e. The van der Waals surface area contributed by atoms with E-state index in [1.54, 1.807) is 6.20 Å². The first-order valence-corrected chi connectivity index (χ1v) is 3.50. The Morgan fingerprint density at radius 3 is 3.00 bits per heavy atom. The van der Waals surface area contributed by atoms with Crippen LogP contribution in [-0.4, -0.2) is 14.9 Å². The molecule has 0 fully saturated rings. The molecule has 1 N–H and O–H groups in total. The van der Waals surface area contributed by atoms with Crippen molar-refractivity contribution in [2.45, 2.75) is 26.5 Å². The summed E-state index contributed by atoms with van der Waals surface area (Å²) in [5, 5.41) is 12.7. The van der Waals surface area contributed by atoms with E-state index < -0.39 is 0 Å². The molecule has 3 heteroatoms. The molecular weight excluding hydrogens is 128 g/mol. The van der Waals surface area contributed by atoms with Crippen molar-refractivity contribution in [1.29, 1.82) is 0 Å². The van der Waals surface area contributed by atoms with Crippen LogP contribution in [0.4, 0.5) is 0 Å². The normalized spacial score (nSPS) is 10.2. The topological polar surface area (TPSA) is 38.0 Å². The van der Waals surface area contributed by atoms with E-state index in [1.165, 1.54) is 4.68 Å². The number of nitrogens with zero attached hydrogens (tertiary/aromatic N) is 2. The van der Waals surface area contributed by atoms with Crippen LogP contribution in [0.5, 0.6) is 0 Å². The molecule has 1 aromatic heterocycles. The van der Waals surface area contributed by atoms with Crippen LogP contribution in [0, 0.1) is 0 Å². The van der Waals surface area contributed by atoms with E-state index in [-0.39, 0.29) is 6.73 Å². The summed E-state index contributed by atoms with van der Waals surface area (Å²) in [6.07, 6.45) is 3.88. The van der Waals surface area contributed by atoms with Crippen molar-refractivity contribution in [3.8, 4) is 0 Å². The van der Waals surface area contributed by atoms with E-state index >= 15 is 0 Å². The molecule has 3 nitrogen and oxygen atoms in total. The lowest BCUT2D eigenvalue weighted by atomic mass is 10.3. The second-order valence-corrected chi connectivity index (χ2v) is 2.24. The van der Waals surface area contributed by atoms with Gasteiger partial charge in [0.15, 0.2) is 0 Å². The first kappa shape index (κ1) is 7.28. The van der Waals surface area contributed by atoms with Crippen molar-refractivity contribution >= 4 is 0 Å². The highest BCUT2D eigenvalue weighted by Gasteiger charge is 1.94. The molecule has 0 atom stereocenters. The van der Waals surface area contributed by atoms with Gasteiger partial charge in [0.2, 0.25) is 0 Å². The minimum atomic E-state index is -0.0241. The molecule has 0 aliphatic rings. The Hall–Kier alpha value is -0.830. The standard InChI is InChI=1S/C7H12N2O/c1-2-3-7-4-5-9(6-10)8-7/h4-5,10H,2-3,6H2,1H3. The average molecular weight is 140 g/mol. The highest BCUT2D eigenvalue weighted by atomic mass is 16.3. The maximum atomic E-state index is 8.62. The Labute approximate surface area is 60.3 Å². The van der Waals surface area contributed by atoms with E-state index in [1.807, 2.05) is 6.07 Å². The van der Waals surface area contributed by atoms with Crippen LogP contribution >= 0.6 is 0 Å². The Bertz CT molecular complexity index is 195. The fraction of sp³-hybridized carbons (Fsp3) is 0.571. The zero-order valence-corrected chi connectivity index (χ0v) is 6.12. The third kappa shape index (κ3) is 1.57. The molecule has 0 aliphatic carbocycles. The predicted octanol–water partition coefficient (Wildman–Crippen LogP) is 0.785. The lowest BCUT2D eigenvalue weighted by molar-refractivity contribution is 0.194. The largest absolute Gasteiger partial charge is 0.374 e. The fourth-order valence-electron chi connectivity index (χ4n) is 0.872. The van der Waals surface area contributed by atoms with Crippen molar-refractivity contribution in [1.82, 2.24) is 9.78 Å². The molecule has 1 aromatic rings. The zero-order valence-electron chi connectivity index (χ0n) is 6.12. The zero-order chi connectivity index (χ0) is 7.40. The van der Waals surface area contributed by atoms with Gasteiger partial charge in [-0.15, -0.1) is 0 Å². The van der Waals surface area contributed by atoms with Gasteiger partial charge in [-0.1, -0.05) is 13.3 Å². The van der Waals surface area contributed by atoms with Gasteiger partial charge in [-0.25, -0.2) is 4.68 Å². The molecule has 0 amide bonds. The molecule has 1 rings (SSSR count). The fourth-order valence-corrected chi connectivity index (χ4v) is 0.872. The second-order valence-electron chi connectivity index (χ2n) is 2.24. The quantitative estimate of drug-likeness (QED) is 0.674. The molecule has 0 spiro atoms. The van der Waals surface area contributed by atoms with Gasteiger partial charge in [0.25, 0.3) is 0 Å². The number of aryl methyl sites for hydroxylation is 1. The number of aromatic nitrogens is 2. The maximum Gasteiger partial charge on any atom is 0.136 e. The maximum absolute atomic E-state index is 8.62. The van der Waals surface area contributed by atoms with Crippen LogP contribution < -0.4 is 0 Å². The Balaban J connectivity index is 2.59. The summed E-state index contributed by atoms with van der Waals surface area (Å²) < 4.78 is 1.52. The van der Waals surface area contributed by atoms with Gasteiger partial charge < -0.3 is 5.11 Å². The average Bonchev–Trinajstić information content (AvgIpc) is 2.37. The first-order valence-electron chi connectivity index (χ1n) is 3.50. The Morgan fingerprint density at radius 2 is 2.50 bits per heavy atom. The number of aliphatic hydroxyl groups is 1. The van der Waals surface area contributed by atoms with Crippen molar-refractivity contribution in [3.63, 3.8) is 0 Å². The van der Waals surface area contributed by atoms with Gasteiger partial charge in [-0.2, -0.15) is 5.10 Å². The molecule has 0 aromatic carbocycles. The molecule has 0 saturated carbocycles. The number of hydrogen-bond donors (Lipinski definition) is 1. The summed E-state index contributed by atoms with van der Waals surface area (Å²) in [6.45, 7) is 2.08.